The van der Waals surface area contributed by atoms with Gasteiger partial charge >= 0.3 is 0 Å². The van der Waals surface area contributed by atoms with E-state index in [1.54, 1.807) is 0 Å². The zero-order valence-electron chi connectivity index (χ0n) is 11.0. The summed E-state index contributed by atoms with van der Waals surface area (Å²) in [4.78, 5) is 0. The van der Waals surface area contributed by atoms with Crippen molar-refractivity contribution in [3.63, 3.8) is 0 Å². The van der Waals surface area contributed by atoms with Crippen molar-refractivity contribution >= 4 is 0 Å². The summed E-state index contributed by atoms with van der Waals surface area (Å²) in [7, 11) is 0. The fraction of sp³-hybridized carbons (Fsp3) is 0. The Hall–Kier alpha value is -2.47. The molecule has 0 aromatic heterocycles. The maximum absolute atomic E-state index is 2.00. The average molecular weight is 247 g/mol. The second-order valence-corrected chi connectivity index (χ2v) is 3.66. The minimum absolute atomic E-state index is 2.00. The van der Waals surface area contributed by atoms with Gasteiger partial charge in [-0.2, -0.15) is 0 Å². The highest BCUT2D eigenvalue weighted by molar-refractivity contribution is 5.00. The zero-order chi connectivity index (χ0) is 13.4. The summed E-state index contributed by atoms with van der Waals surface area (Å²) in [5.74, 6) is 0. The first-order valence-electron chi connectivity index (χ1n) is 6.33. The summed E-state index contributed by atoms with van der Waals surface area (Å²) in [6, 6.07) is 38.0. The molecule has 0 radical (unpaired) electrons. The lowest BCUT2D eigenvalue weighted by atomic mass is 10.4. The van der Waals surface area contributed by atoms with E-state index in [4.69, 9.17) is 0 Å². The first-order valence-corrected chi connectivity index (χ1v) is 6.33. The first-order chi connectivity index (χ1) is 9.50. The molecule has 1 aromatic rings. The van der Waals surface area contributed by atoms with E-state index >= 15 is 0 Å². The van der Waals surface area contributed by atoms with E-state index in [0.29, 0.717) is 0 Å². The van der Waals surface area contributed by atoms with Crippen molar-refractivity contribution in [2.45, 2.75) is 0 Å². The SMILES string of the molecule is c1ccccccccc[cH+]cccccccc1. The summed E-state index contributed by atoms with van der Waals surface area (Å²) in [6.45, 7) is 0. The van der Waals surface area contributed by atoms with Crippen LogP contribution in [0.3, 0.4) is 0 Å². The van der Waals surface area contributed by atoms with Crippen LogP contribution in [0.25, 0.3) is 0 Å². The second-order valence-electron chi connectivity index (χ2n) is 3.66. The van der Waals surface area contributed by atoms with Crippen molar-refractivity contribution in [2.75, 3.05) is 0 Å². The lowest BCUT2D eigenvalue weighted by Crippen LogP contribution is -1.45. The van der Waals surface area contributed by atoms with E-state index in [9.17, 15) is 0 Å². The Morgan fingerprint density at radius 3 is 0.737 bits per heavy atom. The van der Waals surface area contributed by atoms with Crippen molar-refractivity contribution in [2.24, 2.45) is 0 Å². The van der Waals surface area contributed by atoms with Gasteiger partial charge in [0.15, 0.2) is 0 Å². The monoisotopic (exact) mass is 247 g/mol. The number of hydrogen-bond acceptors (Lipinski definition) is 0. The van der Waals surface area contributed by atoms with Crippen LogP contribution in [0.4, 0.5) is 0 Å². The summed E-state index contributed by atoms with van der Waals surface area (Å²) in [6.07, 6.45) is 0. The highest BCUT2D eigenvalue weighted by Gasteiger charge is 1.64. The van der Waals surface area contributed by atoms with E-state index in [-0.39, 0.29) is 0 Å². The third-order valence-electron chi connectivity index (χ3n) is 2.11. The molecule has 0 saturated heterocycles. The molecule has 0 aliphatic carbocycles. The van der Waals surface area contributed by atoms with E-state index in [2.05, 4.69) is 0 Å². The van der Waals surface area contributed by atoms with Gasteiger partial charge in [-0.05, 0) is 24.3 Å². The molecule has 0 nitrogen and oxygen atoms in total. The molecule has 0 unspecified atom stereocenters. The van der Waals surface area contributed by atoms with Crippen LogP contribution in [0.2, 0.25) is 0 Å². The maximum Gasteiger partial charge on any atom is 0.0466 e. The maximum atomic E-state index is 2.00. The number of rotatable bonds is 0. The van der Waals surface area contributed by atoms with Crippen LogP contribution < -0.4 is 0 Å². The molecule has 0 spiro atoms. The Kier molecular flexibility index (Phi) is 9.21. The molecule has 0 atom stereocenters. The van der Waals surface area contributed by atoms with Gasteiger partial charge in [0.2, 0.25) is 0 Å². The molecule has 0 heteroatoms. The second kappa shape index (κ2) is 12.0. The largest absolute Gasteiger partial charge is 0.0623 e. The van der Waals surface area contributed by atoms with Gasteiger partial charge in [-0.1, -0.05) is 60.7 Å². The fourth-order valence-electron chi connectivity index (χ4n) is 1.22. The Morgan fingerprint density at radius 1 is 0.263 bits per heavy atom. The van der Waals surface area contributed by atoms with Gasteiger partial charge in [-0.3, -0.25) is 0 Å². The van der Waals surface area contributed by atoms with Crippen molar-refractivity contribution in [3.05, 3.63) is 115 Å². The zero-order valence-corrected chi connectivity index (χ0v) is 11.0. The Labute approximate surface area is 116 Å². The summed E-state index contributed by atoms with van der Waals surface area (Å²) < 4.78 is 0. The smallest absolute Gasteiger partial charge is 0.0466 e. The molecule has 0 N–H and O–H groups in total. The molecule has 0 saturated carbocycles. The molecule has 0 heterocycles. The van der Waals surface area contributed by atoms with Crippen LogP contribution in [0.5, 0.6) is 0 Å². The van der Waals surface area contributed by atoms with E-state index in [1.165, 1.54) is 0 Å². The van der Waals surface area contributed by atoms with E-state index < -0.39 is 0 Å². The summed E-state index contributed by atoms with van der Waals surface area (Å²) in [5, 5.41) is 0. The molecule has 0 amide bonds. The lowest BCUT2D eigenvalue weighted by Gasteiger charge is -1.67. The van der Waals surface area contributed by atoms with Gasteiger partial charge < -0.3 is 0 Å². The molecule has 1 rings (SSSR count). The van der Waals surface area contributed by atoms with Crippen LogP contribution >= 0.6 is 0 Å². The Bertz CT molecular complexity index is 311. The first kappa shape index (κ1) is 14.6. The summed E-state index contributed by atoms with van der Waals surface area (Å²) >= 11 is 0. The molecule has 0 fully saturated rings. The van der Waals surface area contributed by atoms with Crippen LogP contribution in [-0.2, 0) is 0 Å². The van der Waals surface area contributed by atoms with Gasteiger partial charge in [0.05, 0.1) is 0 Å². The van der Waals surface area contributed by atoms with Gasteiger partial charge in [-0.25, -0.2) is 0 Å². The predicted molar refractivity (Wildman–Crippen MR) is 83.7 cm³/mol. The Balaban J connectivity index is 3.01. The van der Waals surface area contributed by atoms with E-state index in [1.807, 2.05) is 115 Å². The van der Waals surface area contributed by atoms with Crippen LogP contribution in [0.15, 0.2) is 115 Å². The highest BCUT2D eigenvalue weighted by atomic mass is 13.7. The lowest BCUT2D eigenvalue weighted by molar-refractivity contribution is 1.74. The van der Waals surface area contributed by atoms with Crippen LogP contribution in [0.1, 0.15) is 0 Å². The van der Waals surface area contributed by atoms with Crippen LogP contribution in [-0.4, -0.2) is 0 Å². The minimum Gasteiger partial charge on any atom is -0.0623 e. The third-order valence-corrected chi connectivity index (χ3v) is 2.11. The third kappa shape index (κ3) is 10.4. The van der Waals surface area contributed by atoms with Gasteiger partial charge in [0.1, 0.15) is 0 Å². The predicted octanol–water partition coefficient (Wildman–Crippen LogP) is 5.34. The molecule has 1 aromatic carbocycles. The molecular formula is C19H19+. The number of hydrogen-bond donors (Lipinski definition) is 0. The molecule has 0 aliphatic heterocycles. The standard InChI is InChI=1S/C19H19/c1-2-4-6-8-10-12-14-16-18-19-17-15-13-11-9-7-5-3-1/h1-19H/q+1. The van der Waals surface area contributed by atoms with Crippen molar-refractivity contribution < 1.29 is 0 Å². The molecule has 94 valence electrons. The van der Waals surface area contributed by atoms with Gasteiger partial charge in [0, 0.05) is 30.3 Å². The fourth-order valence-corrected chi connectivity index (χ4v) is 1.22. The topological polar surface area (TPSA) is 0 Å². The van der Waals surface area contributed by atoms with Crippen molar-refractivity contribution in [1.29, 1.82) is 0 Å². The molecule has 0 bridgehead atoms. The van der Waals surface area contributed by atoms with Gasteiger partial charge in [-0.15, -0.1) is 0 Å². The minimum atomic E-state index is 2.00. The summed E-state index contributed by atoms with van der Waals surface area (Å²) in [5.41, 5.74) is 0. The Morgan fingerprint density at radius 2 is 0.474 bits per heavy atom. The van der Waals surface area contributed by atoms with Crippen LogP contribution in [0, 0.1) is 0 Å². The normalized spacial score (nSPS) is 8.00. The van der Waals surface area contributed by atoms with Gasteiger partial charge in [0.25, 0.3) is 0 Å². The quantitative estimate of drug-likeness (QED) is 0.543. The molecular weight excluding hydrogens is 228 g/mol. The van der Waals surface area contributed by atoms with Crippen molar-refractivity contribution in [1.82, 2.24) is 0 Å². The average Bonchev–Trinajstić information content (AvgIpc) is 2.43. The highest BCUT2D eigenvalue weighted by Crippen LogP contribution is 1.81. The van der Waals surface area contributed by atoms with Crippen molar-refractivity contribution in [3.8, 4) is 0 Å². The molecule has 0 aliphatic rings. The molecule has 19 heavy (non-hydrogen) atoms. The van der Waals surface area contributed by atoms with E-state index in [0.717, 1.165) is 0 Å².